The quantitative estimate of drug-likeness (QED) is 0.210. The maximum Gasteiger partial charge on any atom is 0.418 e. The molecule has 0 aliphatic heterocycles. The van der Waals surface area contributed by atoms with E-state index >= 15 is 0 Å². The molecule has 0 saturated carbocycles. The second-order valence-corrected chi connectivity index (χ2v) is 9.17. The lowest BCUT2D eigenvalue weighted by Gasteiger charge is -2.12. The molecular formula is C31H26F3N3O2. The summed E-state index contributed by atoms with van der Waals surface area (Å²) in [4.78, 5) is 11.5. The molecule has 39 heavy (non-hydrogen) atoms. The molecule has 4 aromatic carbocycles. The summed E-state index contributed by atoms with van der Waals surface area (Å²) in [5.41, 5.74) is 4.02. The maximum atomic E-state index is 13.9. The van der Waals surface area contributed by atoms with Crippen molar-refractivity contribution in [1.82, 2.24) is 9.78 Å². The molecule has 1 N–H and O–H groups in total. The third-order valence-electron chi connectivity index (χ3n) is 6.45. The summed E-state index contributed by atoms with van der Waals surface area (Å²) >= 11 is 0. The summed E-state index contributed by atoms with van der Waals surface area (Å²) in [6, 6.07) is 28.9. The molecule has 0 spiro atoms. The van der Waals surface area contributed by atoms with E-state index in [0.29, 0.717) is 24.0 Å². The van der Waals surface area contributed by atoms with E-state index in [-0.39, 0.29) is 17.9 Å². The fourth-order valence-corrected chi connectivity index (χ4v) is 4.62. The van der Waals surface area contributed by atoms with E-state index in [0.717, 1.165) is 34.1 Å². The van der Waals surface area contributed by atoms with E-state index in [1.165, 1.54) is 13.2 Å². The lowest BCUT2D eigenvalue weighted by Crippen LogP contribution is -2.06. The number of aromatic nitrogens is 2. The molecule has 1 aromatic heterocycles. The number of ether oxygens (including phenoxy) is 1. The highest BCUT2D eigenvalue weighted by molar-refractivity contribution is 5.96. The topological polar surface area (TPSA) is 56.1 Å². The Hall–Kier alpha value is -4.59. The third kappa shape index (κ3) is 5.95. The Morgan fingerprint density at radius 1 is 0.872 bits per heavy atom. The van der Waals surface area contributed by atoms with Crippen LogP contribution in [0.3, 0.4) is 0 Å². The van der Waals surface area contributed by atoms with Crippen LogP contribution < -0.4 is 5.32 Å². The van der Waals surface area contributed by atoms with Crippen molar-refractivity contribution in [2.75, 3.05) is 12.4 Å². The van der Waals surface area contributed by atoms with E-state index < -0.39 is 11.7 Å². The predicted octanol–water partition coefficient (Wildman–Crippen LogP) is 7.62. The number of nitrogens with zero attached hydrogens (tertiary/aromatic N) is 2. The molecule has 0 aliphatic rings. The number of alkyl halides is 3. The zero-order chi connectivity index (χ0) is 27.4. The van der Waals surface area contributed by atoms with Crippen molar-refractivity contribution < 1.29 is 22.7 Å². The van der Waals surface area contributed by atoms with Gasteiger partial charge in [0.2, 0.25) is 0 Å². The third-order valence-corrected chi connectivity index (χ3v) is 6.45. The number of anilines is 2. The van der Waals surface area contributed by atoms with Crippen LogP contribution in [0.2, 0.25) is 0 Å². The van der Waals surface area contributed by atoms with E-state index in [2.05, 4.69) is 10.4 Å². The molecule has 0 radical (unpaired) electrons. The van der Waals surface area contributed by atoms with Crippen LogP contribution in [0.1, 0.15) is 23.1 Å². The van der Waals surface area contributed by atoms with Gasteiger partial charge in [-0.3, -0.25) is 9.48 Å². The Morgan fingerprint density at radius 2 is 1.56 bits per heavy atom. The number of carbonyl (C=O) groups is 1. The van der Waals surface area contributed by atoms with Gasteiger partial charge < -0.3 is 10.1 Å². The van der Waals surface area contributed by atoms with Crippen LogP contribution in [0.4, 0.5) is 24.5 Å². The number of aryl methyl sites for hydroxylation is 1. The summed E-state index contributed by atoms with van der Waals surface area (Å²) in [6.45, 7) is 0.321. The summed E-state index contributed by atoms with van der Waals surface area (Å²) < 4.78 is 48.0. The molecular weight excluding hydrogens is 503 g/mol. The van der Waals surface area contributed by atoms with E-state index in [1.54, 1.807) is 10.7 Å². The Balaban J connectivity index is 1.53. The van der Waals surface area contributed by atoms with Gasteiger partial charge in [0.1, 0.15) is 5.52 Å². The second-order valence-electron chi connectivity index (χ2n) is 9.17. The minimum absolute atomic E-state index is 0.0763. The molecule has 5 rings (SSSR count). The van der Waals surface area contributed by atoms with Crippen LogP contribution in [0.5, 0.6) is 0 Å². The van der Waals surface area contributed by atoms with Crippen LogP contribution in [0.15, 0.2) is 97.1 Å². The van der Waals surface area contributed by atoms with Gasteiger partial charge in [-0.05, 0) is 47.9 Å². The first-order chi connectivity index (χ1) is 18.8. The van der Waals surface area contributed by atoms with Crippen molar-refractivity contribution >= 4 is 28.2 Å². The van der Waals surface area contributed by atoms with Crippen molar-refractivity contribution in [3.63, 3.8) is 0 Å². The number of rotatable bonds is 8. The highest BCUT2D eigenvalue weighted by Gasteiger charge is 2.34. The normalized spacial score (nSPS) is 11.5. The Kier molecular flexibility index (Phi) is 7.36. The fraction of sp³-hybridized carbons (Fsp3) is 0.161. The van der Waals surface area contributed by atoms with Gasteiger partial charge in [0.05, 0.1) is 24.9 Å². The molecule has 198 valence electrons. The number of fused-ring (bicyclic) bond motifs is 1. The Bertz CT molecular complexity index is 1610. The van der Waals surface area contributed by atoms with Crippen LogP contribution in [0, 0.1) is 0 Å². The molecule has 0 amide bonds. The molecule has 0 fully saturated rings. The van der Waals surface area contributed by atoms with Crippen LogP contribution in [0.25, 0.3) is 22.2 Å². The zero-order valence-electron chi connectivity index (χ0n) is 21.2. The average Bonchev–Trinajstić information content (AvgIpc) is 3.30. The lowest BCUT2D eigenvalue weighted by molar-refractivity contribution is -0.140. The van der Waals surface area contributed by atoms with Gasteiger partial charge in [-0.2, -0.15) is 18.3 Å². The fourth-order valence-electron chi connectivity index (χ4n) is 4.62. The number of benzene rings is 4. The molecule has 0 saturated heterocycles. The van der Waals surface area contributed by atoms with Crippen LogP contribution >= 0.6 is 0 Å². The van der Waals surface area contributed by atoms with Crippen molar-refractivity contribution in [3.05, 3.63) is 114 Å². The number of nitrogens with one attached hydrogen (secondary N) is 1. The molecule has 0 unspecified atom stereocenters. The summed E-state index contributed by atoms with van der Waals surface area (Å²) in [5.74, 6) is -0.269. The van der Waals surface area contributed by atoms with Crippen molar-refractivity contribution in [2.45, 2.75) is 25.6 Å². The molecule has 1 heterocycles. The smallest absolute Gasteiger partial charge is 0.418 e. The van der Waals surface area contributed by atoms with Gasteiger partial charge in [-0.25, -0.2) is 0 Å². The number of esters is 1. The molecule has 0 bridgehead atoms. The summed E-state index contributed by atoms with van der Waals surface area (Å²) in [6.07, 6.45) is -3.69. The second kappa shape index (κ2) is 11.0. The molecule has 5 aromatic rings. The van der Waals surface area contributed by atoms with Crippen LogP contribution in [-0.2, 0) is 28.7 Å². The Labute approximate surface area is 223 Å². The number of hydrogen-bond donors (Lipinski definition) is 1. The first-order valence-corrected chi connectivity index (χ1v) is 12.5. The molecule has 8 heteroatoms. The van der Waals surface area contributed by atoms with Crippen molar-refractivity contribution in [1.29, 1.82) is 0 Å². The van der Waals surface area contributed by atoms with Gasteiger partial charge in [-0.15, -0.1) is 0 Å². The van der Waals surface area contributed by atoms with Gasteiger partial charge in [-0.1, -0.05) is 66.7 Å². The average molecular weight is 530 g/mol. The molecule has 0 aliphatic carbocycles. The molecule has 5 nitrogen and oxygen atoms in total. The minimum atomic E-state index is -4.52. The molecule has 0 atom stereocenters. The van der Waals surface area contributed by atoms with Gasteiger partial charge in [0.25, 0.3) is 0 Å². The zero-order valence-corrected chi connectivity index (χ0v) is 21.2. The standard InChI is InChI=1S/C31H26F3N3O2/c1-39-28(38)17-16-21-10-5-12-24(18-21)35-25-13-6-11-23(19-25)30-26-14-7-15-27(31(32,33)34)29(26)36-37(30)20-22-8-3-2-4-9-22/h2-15,18-19,35H,16-17,20H2,1H3. The Morgan fingerprint density at radius 3 is 2.31 bits per heavy atom. The van der Waals surface area contributed by atoms with E-state index in [1.807, 2.05) is 78.9 Å². The SMILES string of the molecule is COC(=O)CCc1cccc(Nc2cccc(-c3c4cccc(C(F)(F)F)c4nn3Cc3ccccc3)c2)c1. The highest BCUT2D eigenvalue weighted by Crippen LogP contribution is 2.38. The van der Waals surface area contributed by atoms with E-state index in [4.69, 9.17) is 4.74 Å². The lowest BCUT2D eigenvalue weighted by atomic mass is 10.0. The number of hydrogen-bond acceptors (Lipinski definition) is 4. The number of carbonyl (C=O) groups excluding carboxylic acids is 1. The summed E-state index contributed by atoms with van der Waals surface area (Å²) in [7, 11) is 1.37. The number of halogens is 3. The first kappa shape index (κ1) is 26.0. The van der Waals surface area contributed by atoms with Crippen LogP contribution in [-0.4, -0.2) is 22.9 Å². The van der Waals surface area contributed by atoms with Crippen molar-refractivity contribution in [2.24, 2.45) is 0 Å². The monoisotopic (exact) mass is 529 g/mol. The highest BCUT2D eigenvalue weighted by atomic mass is 19.4. The van der Waals surface area contributed by atoms with Gasteiger partial charge >= 0.3 is 12.1 Å². The largest absolute Gasteiger partial charge is 0.469 e. The van der Waals surface area contributed by atoms with E-state index in [9.17, 15) is 18.0 Å². The van der Waals surface area contributed by atoms with Gasteiger partial charge in [0, 0.05) is 28.7 Å². The first-order valence-electron chi connectivity index (χ1n) is 12.5. The van der Waals surface area contributed by atoms with Gasteiger partial charge in [0.15, 0.2) is 0 Å². The van der Waals surface area contributed by atoms with Crippen molar-refractivity contribution in [3.8, 4) is 11.3 Å². The maximum absolute atomic E-state index is 13.9. The summed E-state index contributed by atoms with van der Waals surface area (Å²) in [5, 5.41) is 8.26. The predicted molar refractivity (Wildman–Crippen MR) is 146 cm³/mol. The number of methoxy groups -OCH3 is 1. The minimum Gasteiger partial charge on any atom is -0.469 e.